The number of benzene rings is 3. The molecule has 4 rings (SSSR count). The van der Waals surface area contributed by atoms with Crippen LogP contribution in [0, 0.1) is 6.92 Å². The van der Waals surface area contributed by atoms with Gasteiger partial charge in [0.1, 0.15) is 0 Å². The number of anilines is 3. The van der Waals surface area contributed by atoms with Gasteiger partial charge in [-0.1, -0.05) is 18.2 Å². The summed E-state index contributed by atoms with van der Waals surface area (Å²) in [5.41, 5.74) is 3.75. The van der Waals surface area contributed by atoms with Gasteiger partial charge in [-0.25, -0.2) is 4.68 Å². The van der Waals surface area contributed by atoms with E-state index in [1.165, 1.54) is 31.2 Å². The van der Waals surface area contributed by atoms with Crippen LogP contribution in [0.4, 0.5) is 28.6 Å². The van der Waals surface area contributed by atoms with Crippen molar-refractivity contribution in [2.75, 3.05) is 10.6 Å². The number of carbonyl (C=O) groups is 1. The Balaban J connectivity index is 1.71. The molecule has 178 valence electrons. The molecule has 0 radical (unpaired) electrons. The van der Waals surface area contributed by atoms with E-state index in [0.29, 0.717) is 34.3 Å². The van der Waals surface area contributed by atoms with Crippen LogP contribution in [0.5, 0.6) is 0 Å². The lowest BCUT2D eigenvalue weighted by atomic mass is 10.3. The van der Waals surface area contributed by atoms with E-state index < -0.39 is 10.1 Å². The van der Waals surface area contributed by atoms with Crippen molar-refractivity contribution in [2.24, 2.45) is 10.2 Å². The summed E-state index contributed by atoms with van der Waals surface area (Å²) >= 11 is 0. The summed E-state index contributed by atoms with van der Waals surface area (Å²) in [4.78, 5) is 11.0. The molecule has 35 heavy (non-hydrogen) atoms. The van der Waals surface area contributed by atoms with Gasteiger partial charge in [0.25, 0.3) is 10.1 Å². The van der Waals surface area contributed by atoms with E-state index >= 15 is 0 Å². The third-order valence-corrected chi connectivity index (χ3v) is 5.82. The molecule has 0 aliphatic carbocycles. The summed E-state index contributed by atoms with van der Waals surface area (Å²) < 4.78 is 33.6. The first-order valence-electron chi connectivity index (χ1n) is 10.5. The van der Waals surface area contributed by atoms with Crippen molar-refractivity contribution >= 4 is 44.6 Å². The van der Waals surface area contributed by atoms with Gasteiger partial charge in [-0.2, -0.15) is 13.5 Å². The van der Waals surface area contributed by atoms with Gasteiger partial charge in [0.2, 0.25) is 5.91 Å². The highest BCUT2D eigenvalue weighted by Gasteiger charge is 2.17. The van der Waals surface area contributed by atoms with Gasteiger partial charge in [0.05, 0.1) is 22.0 Å². The smallest absolute Gasteiger partial charge is 0.294 e. The van der Waals surface area contributed by atoms with Gasteiger partial charge in [-0.15, -0.1) is 10.2 Å². The van der Waals surface area contributed by atoms with Crippen LogP contribution in [0.25, 0.3) is 5.69 Å². The molecule has 0 unspecified atom stereocenters. The predicted molar refractivity (Wildman–Crippen MR) is 133 cm³/mol. The Morgan fingerprint density at radius 3 is 2.17 bits per heavy atom. The molecule has 4 aromatic rings. The van der Waals surface area contributed by atoms with Gasteiger partial charge in [-0.05, 0) is 67.6 Å². The second kappa shape index (κ2) is 9.87. The summed E-state index contributed by atoms with van der Waals surface area (Å²) in [5, 5.41) is 19.3. The fraction of sp³-hybridized carbons (Fsp3) is 0.0833. The van der Waals surface area contributed by atoms with Gasteiger partial charge >= 0.3 is 0 Å². The van der Waals surface area contributed by atoms with Crippen molar-refractivity contribution in [3.63, 3.8) is 0 Å². The summed E-state index contributed by atoms with van der Waals surface area (Å²) in [6.45, 7) is 3.25. The first kappa shape index (κ1) is 23.8. The number of rotatable bonds is 7. The second-order valence-corrected chi connectivity index (χ2v) is 9.00. The molecule has 0 fully saturated rings. The third kappa shape index (κ3) is 5.78. The quantitative estimate of drug-likeness (QED) is 0.229. The van der Waals surface area contributed by atoms with Gasteiger partial charge in [-0.3, -0.25) is 9.35 Å². The van der Waals surface area contributed by atoms with Crippen LogP contribution in [-0.2, 0) is 14.9 Å². The van der Waals surface area contributed by atoms with Crippen LogP contribution in [0.1, 0.15) is 12.6 Å². The van der Waals surface area contributed by atoms with Crippen molar-refractivity contribution in [3.05, 3.63) is 84.6 Å². The number of azo groups is 1. The minimum absolute atomic E-state index is 0.163. The lowest BCUT2D eigenvalue weighted by Gasteiger charge is -2.05. The average Bonchev–Trinajstić information content (AvgIpc) is 3.13. The molecule has 0 aliphatic heterocycles. The lowest BCUT2D eigenvalue weighted by Crippen LogP contribution is -2.04. The molecule has 10 nitrogen and oxygen atoms in total. The number of carbonyl (C=O) groups excluding carboxylic acids is 1. The molecule has 0 saturated carbocycles. The van der Waals surface area contributed by atoms with Crippen LogP contribution >= 0.6 is 0 Å². The van der Waals surface area contributed by atoms with E-state index in [1.807, 2.05) is 37.3 Å². The predicted octanol–water partition coefficient (Wildman–Crippen LogP) is 5.54. The van der Waals surface area contributed by atoms with E-state index in [1.54, 1.807) is 28.9 Å². The molecular formula is C24H22N6O4S. The van der Waals surface area contributed by atoms with E-state index in [0.717, 1.165) is 5.69 Å². The Labute approximate surface area is 202 Å². The SMILES string of the molecule is CC(=O)Nc1ccc(N=Nc2c(Nc3ccccc3)nn(-c3ccc(S(=O)(=O)O)cc3)c2C)cc1. The molecule has 0 saturated heterocycles. The monoisotopic (exact) mass is 490 g/mol. The Morgan fingerprint density at radius 1 is 0.914 bits per heavy atom. The number of nitrogens with zero attached hydrogens (tertiary/aromatic N) is 4. The van der Waals surface area contributed by atoms with Crippen molar-refractivity contribution in [1.82, 2.24) is 9.78 Å². The average molecular weight is 491 g/mol. The fourth-order valence-corrected chi connectivity index (χ4v) is 3.77. The maximum absolute atomic E-state index is 11.4. The first-order chi connectivity index (χ1) is 16.7. The Hall–Kier alpha value is -4.35. The summed E-state index contributed by atoms with van der Waals surface area (Å²) in [7, 11) is -4.30. The van der Waals surface area contributed by atoms with Crippen molar-refractivity contribution in [1.29, 1.82) is 0 Å². The van der Waals surface area contributed by atoms with Crippen LogP contribution in [-0.4, -0.2) is 28.7 Å². The maximum Gasteiger partial charge on any atom is 0.294 e. The second-order valence-electron chi connectivity index (χ2n) is 7.58. The van der Waals surface area contributed by atoms with Crippen molar-refractivity contribution in [2.45, 2.75) is 18.7 Å². The largest absolute Gasteiger partial charge is 0.337 e. The minimum Gasteiger partial charge on any atom is -0.337 e. The van der Waals surface area contributed by atoms with Gasteiger partial charge < -0.3 is 10.6 Å². The molecule has 1 heterocycles. The van der Waals surface area contributed by atoms with Crippen LogP contribution in [0.15, 0.2) is 94.0 Å². The Bertz CT molecular complexity index is 1480. The number of para-hydroxylation sites is 1. The van der Waals surface area contributed by atoms with E-state index in [-0.39, 0.29) is 10.8 Å². The number of hydrogen-bond acceptors (Lipinski definition) is 7. The van der Waals surface area contributed by atoms with Crippen LogP contribution in [0.3, 0.4) is 0 Å². The Kier molecular flexibility index (Phi) is 6.71. The molecule has 0 bridgehead atoms. The molecule has 3 N–H and O–H groups in total. The zero-order valence-electron chi connectivity index (χ0n) is 18.9. The van der Waals surface area contributed by atoms with Crippen LogP contribution < -0.4 is 10.6 Å². The van der Waals surface area contributed by atoms with Gasteiger partial charge in [0.15, 0.2) is 11.5 Å². The zero-order chi connectivity index (χ0) is 25.0. The molecule has 1 amide bonds. The molecular weight excluding hydrogens is 468 g/mol. The van der Waals surface area contributed by atoms with Crippen LogP contribution in [0.2, 0.25) is 0 Å². The highest BCUT2D eigenvalue weighted by atomic mass is 32.2. The first-order valence-corrected chi connectivity index (χ1v) is 11.9. The third-order valence-electron chi connectivity index (χ3n) is 4.95. The van der Waals surface area contributed by atoms with Crippen molar-refractivity contribution in [3.8, 4) is 5.69 Å². The summed E-state index contributed by atoms with van der Waals surface area (Å²) in [6.07, 6.45) is 0. The zero-order valence-corrected chi connectivity index (χ0v) is 19.7. The van der Waals surface area contributed by atoms with Gasteiger partial charge in [0, 0.05) is 18.3 Å². The molecule has 0 spiro atoms. The molecule has 0 atom stereocenters. The molecule has 3 aromatic carbocycles. The highest BCUT2D eigenvalue weighted by Crippen LogP contribution is 2.34. The molecule has 0 aliphatic rings. The highest BCUT2D eigenvalue weighted by molar-refractivity contribution is 7.85. The molecule has 11 heteroatoms. The Morgan fingerprint density at radius 2 is 1.57 bits per heavy atom. The van der Waals surface area contributed by atoms with E-state index in [2.05, 4.69) is 26.0 Å². The van der Waals surface area contributed by atoms with E-state index in [4.69, 9.17) is 0 Å². The maximum atomic E-state index is 11.4. The normalized spacial score (nSPS) is 11.5. The number of amides is 1. The molecule has 1 aromatic heterocycles. The van der Waals surface area contributed by atoms with E-state index in [9.17, 15) is 17.8 Å². The lowest BCUT2D eigenvalue weighted by molar-refractivity contribution is -0.114. The summed E-state index contributed by atoms with van der Waals surface area (Å²) in [6, 6.07) is 22.0. The number of aromatic nitrogens is 2. The topological polar surface area (TPSA) is 138 Å². The summed E-state index contributed by atoms with van der Waals surface area (Å²) in [5.74, 6) is 0.287. The minimum atomic E-state index is -4.30. The standard InChI is InChI=1S/C24H22N6O4S/c1-16-23(28-27-20-10-8-19(9-11-20)25-17(2)31)24(26-18-6-4-3-5-7-18)29-30(16)21-12-14-22(15-13-21)35(32,33)34/h3-15H,1-2H3,(H,25,31)(H,26,29)(H,32,33,34). The fourth-order valence-electron chi connectivity index (χ4n) is 3.29. The number of hydrogen-bond donors (Lipinski definition) is 3. The number of nitrogens with one attached hydrogen (secondary N) is 2. The van der Waals surface area contributed by atoms with Crippen molar-refractivity contribution < 1.29 is 17.8 Å².